The molecular formula is C22H35N5O2S. The molecule has 1 aromatic rings. The Bertz CT molecular complexity index is 820. The monoisotopic (exact) mass is 433 g/mol. The fraction of sp³-hybridized carbons (Fsp3) is 0.591. The van der Waals surface area contributed by atoms with Crippen LogP contribution < -0.4 is 15.5 Å². The van der Waals surface area contributed by atoms with E-state index in [0.29, 0.717) is 19.1 Å². The molecule has 0 bridgehead atoms. The summed E-state index contributed by atoms with van der Waals surface area (Å²) in [6.07, 6.45) is 7.68. The van der Waals surface area contributed by atoms with E-state index in [4.69, 9.17) is 4.99 Å². The third kappa shape index (κ3) is 7.32. The number of benzene rings is 1. The summed E-state index contributed by atoms with van der Waals surface area (Å²) >= 11 is 0. The molecule has 0 aromatic heterocycles. The molecule has 2 N–H and O–H groups in total. The minimum absolute atomic E-state index is 0.238. The normalized spacial score (nSPS) is 18.7. The second-order valence-electron chi connectivity index (χ2n) is 8.13. The summed E-state index contributed by atoms with van der Waals surface area (Å²) in [7, 11) is -2.90. The standard InChI is InChI=1S/C22H35N5O2S/c1-3-23-22(25-20-10-14-26(15-11-20)16-17-30(2,28)29)24-18-19-6-8-21(9-7-19)27-12-4-5-13-27/h4-9,20H,3,10-18H2,1-2H3,(H2,23,24,25). The van der Waals surface area contributed by atoms with Gasteiger partial charge in [-0.1, -0.05) is 24.3 Å². The molecule has 0 amide bonds. The first-order valence-electron chi connectivity index (χ1n) is 10.9. The topological polar surface area (TPSA) is 77.0 Å². The average Bonchev–Trinajstić information content (AvgIpc) is 3.26. The Labute approximate surface area is 181 Å². The lowest BCUT2D eigenvalue weighted by atomic mass is 10.1. The number of sulfone groups is 1. The van der Waals surface area contributed by atoms with Gasteiger partial charge in [-0.25, -0.2) is 13.4 Å². The van der Waals surface area contributed by atoms with Gasteiger partial charge >= 0.3 is 0 Å². The van der Waals surface area contributed by atoms with Gasteiger partial charge in [0.1, 0.15) is 9.84 Å². The van der Waals surface area contributed by atoms with E-state index in [0.717, 1.165) is 51.5 Å². The molecule has 1 aromatic carbocycles. The molecule has 0 saturated carbocycles. The number of rotatable bonds is 8. The van der Waals surface area contributed by atoms with Gasteiger partial charge in [0.25, 0.3) is 0 Å². The number of anilines is 1. The zero-order chi connectivity index (χ0) is 21.4. The number of hydrogen-bond acceptors (Lipinski definition) is 5. The van der Waals surface area contributed by atoms with Gasteiger partial charge in [-0.05, 0) is 37.5 Å². The number of hydrogen-bond donors (Lipinski definition) is 2. The summed E-state index contributed by atoms with van der Waals surface area (Å²) in [6.45, 7) is 7.96. The van der Waals surface area contributed by atoms with Gasteiger partial charge < -0.3 is 20.4 Å². The van der Waals surface area contributed by atoms with Crippen molar-refractivity contribution in [2.75, 3.05) is 56.2 Å². The van der Waals surface area contributed by atoms with E-state index < -0.39 is 9.84 Å². The van der Waals surface area contributed by atoms with E-state index in [1.807, 2.05) is 0 Å². The van der Waals surface area contributed by atoms with Crippen molar-refractivity contribution in [3.05, 3.63) is 42.0 Å². The van der Waals surface area contributed by atoms with Crippen LogP contribution in [0.2, 0.25) is 0 Å². The molecule has 3 rings (SSSR count). The van der Waals surface area contributed by atoms with Gasteiger partial charge in [-0.2, -0.15) is 0 Å². The molecule has 2 heterocycles. The Morgan fingerprint density at radius 3 is 2.40 bits per heavy atom. The molecule has 0 spiro atoms. The summed E-state index contributed by atoms with van der Waals surface area (Å²) in [6, 6.07) is 9.01. The number of guanidine groups is 1. The fourth-order valence-corrected chi connectivity index (χ4v) is 4.37. The highest BCUT2D eigenvalue weighted by Gasteiger charge is 2.20. The molecule has 0 unspecified atom stereocenters. The van der Waals surface area contributed by atoms with Crippen molar-refractivity contribution in [2.45, 2.75) is 32.4 Å². The molecule has 8 heteroatoms. The second kappa shape index (κ2) is 10.8. The number of piperidine rings is 1. The summed E-state index contributed by atoms with van der Waals surface area (Å²) < 4.78 is 22.7. The lowest BCUT2D eigenvalue weighted by Gasteiger charge is -2.32. The minimum Gasteiger partial charge on any atom is -0.364 e. The minimum atomic E-state index is -2.90. The number of nitrogens with one attached hydrogen (secondary N) is 2. The third-order valence-electron chi connectivity index (χ3n) is 5.59. The Kier molecular flexibility index (Phi) is 8.16. The summed E-state index contributed by atoms with van der Waals surface area (Å²) in [5.41, 5.74) is 2.44. The van der Waals surface area contributed by atoms with Crippen molar-refractivity contribution in [3.8, 4) is 0 Å². The van der Waals surface area contributed by atoms with Gasteiger partial charge in [0.15, 0.2) is 5.96 Å². The highest BCUT2D eigenvalue weighted by molar-refractivity contribution is 7.90. The first-order chi connectivity index (χ1) is 14.4. The van der Waals surface area contributed by atoms with E-state index in [9.17, 15) is 8.42 Å². The van der Waals surface area contributed by atoms with Crippen LogP contribution in [0.5, 0.6) is 0 Å². The van der Waals surface area contributed by atoms with Crippen molar-refractivity contribution in [1.29, 1.82) is 0 Å². The van der Waals surface area contributed by atoms with E-state index in [1.54, 1.807) is 0 Å². The number of likely N-dealkylation sites (tertiary alicyclic amines) is 1. The molecule has 166 valence electrons. The maximum absolute atomic E-state index is 11.4. The molecule has 0 atom stereocenters. The zero-order valence-electron chi connectivity index (χ0n) is 18.2. The Morgan fingerprint density at radius 1 is 1.13 bits per heavy atom. The van der Waals surface area contributed by atoms with Crippen LogP contribution in [0.25, 0.3) is 0 Å². The Hall–Kier alpha value is -2.06. The maximum Gasteiger partial charge on any atom is 0.191 e. The van der Waals surface area contributed by atoms with Crippen molar-refractivity contribution in [3.63, 3.8) is 0 Å². The van der Waals surface area contributed by atoms with Crippen LogP contribution in [0.4, 0.5) is 5.69 Å². The first kappa shape index (κ1) is 22.6. The van der Waals surface area contributed by atoms with Crippen LogP contribution in [-0.4, -0.2) is 76.6 Å². The van der Waals surface area contributed by atoms with E-state index >= 15 is 0 Å². The molecule has 2 aliphatic heterocycles. The van der Waals surface area contributed by atoms with Crippen LogP contribution in [0, 0.1) is 0 Å². The molecular weight excluding hydrogens is 398 g/mol. The van der Waals surface area contributed by atoms with Crippen LogP contribution in [0.1, 0.15) is 25.3 Å². The van der Waals surface area contributed by atoms with E-state index in [2.05, 4.69) is 63.8 Å². The number of nitrogens with zero attached hydrogens (tertiary/aromatic N) is 3. The van der Waals surface area contributed by atoms with Crippen molar-refractivity contribution in [2.24, 2.45) is 4.99 Å². The predicted molar refractivity (Wildman–Crippen MR) is 125 cm³/mol. The highest BCUT2D eigenvalue weighted by Crippen LogP contribution is 2.18. The molecule has 7 nitrogen and oxygen atoms in total. The van der Waals surface area contributed by atoms with Gasteiger partial charge in [0, 0.05) is 57.3 Å². The lowest BCUT2D eigenvalue weighted by molar-refractivity contribution is 0.216. The van der Waals surface area contributed by atoms with Gasteiger partial charge in [-0.3, -0.25) is 0 Å². The van der Waals surface area contributed by atoms with Crippen LogP contribution >= 0.6 is 0 Å². The number of aliphatic imine (C=N–C) groups is 1. The SMILES string of the molecule is CCNC(=NCc1ccc(N2CC=CC2)cc1)NC1CCN(CCS(C)(=O)=O)CC1. The smallest absolute Gasteiger partial charge is 0.191 e. The third-order valence-corrected chi connectivity index (χ3v) is 6.51. The van der Waals surface area contributed by atoms with Crippen molar-refractivity contribution < 1.29 is 8.42 Å². The molecule has 2 aliphatic rings. The first-order valence-corrected chi connectivity index (χ1v) is 12.9. The maximum atomic E-state index is 11.4. The van der Waals surface area contributed by atoms with Crippen molar-refractivity contribution >= 4 is 21.5 Å². The molecule has 30 heavy (non-hydrogen) atoms. The van der Waals surface area contributed by atoms with Crippen LogP contribution in [0.15, 0.2) is 41.4 Å². The summed E-state index contributed by atoms with van der Waals surface area (Å²) in [4.78, 5) is 9.34. The predicted octanol–water partition coefficient (Wildman–Crippen LogP) is 1.63. The molecule has 1 saturated heterocycles. The van der Waals surface area contributed by atoms with Gasteiger partial charge in [-0.15, -0.1) is 0 Å². The fourth-order valence-electron chi connectivity index (χ4n) is 3.78. The van der Waals surface area contributed by atoms with Crippen LogP contribution in [0.3, 0.4) is 0 Å². The molecule has 0 aliphatic carbocycles. The Morgan fingerprint density at radius 2 is 1.80 bits per heavy atom. The highest BCUT2D eigenvalue weighted by atomic mass is 32.2. The van der Waals surface area contributed by atoms with E-state index in [-0.39, 0.29) is 5.75 Å². The van der Waals surface area contributed by atoms with E-state index in [1.165, 1.54) is 17.5 Å². The van der Waals surface area contributed by atoms with Gasteiger partial charge in [0.05, 0.1) is 12.3 Å². The lowest BCUT2D eigenvalue weighted by Crippen LogP contribution is -2.49. The molecule has 0 radical (unpaired) electrons. The Balaban J connectivity index is 1.47. The second-order valence-corrected chi connectivity index (χ2v) is 10.4. The van der Waals surface area contributed by atoms with Crippen molar-refractivity contribution in [1.82, 2.24) is 15.5 Å². The summed E-state index contributed by atoms with van der Waals surface area (Å²) in [5, 5.41) is 6.90. The largest absolute Gasteiger partial charge is 0.364 e. The zero-order valence-corrected chi connectivity index (χ0v) is 19.0. The van der Waals surface area contributed by atoms with Crippen LogP contribution in [-0.2, 0) is 16.4 Å². The average molecular weight is 434 g/mol. The summed E-state index contributed by atoms with van der Waals surface area (Å²) in [5.74, 6) is 1.09. The quantitative estimate of drug-likeness (QED) is 0.369. The van der Waals surface area contributed by atoms with Gasteiger partial charge in [0.2, 0.25) is 0 Å². The molecule has 1 fully saturated rings.